The molecule has 3 aromatic heterocycles. The molecule has 2 aromatic carbocycles. The van der Waals surface area contributed by atoms with Crippen molar-refractivity contribution in [3.8, 4) is 17.1 Å². The lowest BCUT2D eigenvalue weighted by Gasteiger charge is -2.14. The number of nitrogens with one attached hydrogen (secondary N) is 1. The zero-order valence-electron chi connectivity index (χ0n) is 19.2. The highest BCUT2D eigenvalue weighted by Gasteiger charge is 2.23. The topological polar surface area (TPSA) is 95.2 Å². The molecular weight excluding hydrogens is 464 g/mol. The molecule has 1 fully saturated rings. The second-order valence-corrected chi connectivity index (χ2v) is 9.48. The molecule has 0 spiro atoms. The molecule has 178 valence electrons. The number of benzene rings is 2. The molecular formula is C26H24N4O4S. The molecule has 1 N–H and O–H groups in total. The average Bonchev–Trinajstić information content (AvgIpc) is 3.62. The number of aromatic nitrogens is 4. The van der Waals surface area contributed by atoms with Crippen LogP contribution in [-0.4, -0.2) is 39.6 Å². The van der Waals surface area contributed by atoms with Crippen LogP contribution in [0, 0.1) is 0 Å². The smallest absolute Gasteiger partial charge is 0.336 e. The third-order valence-electron chi connectivity index (χ3n) is 6.35. The monoisotopic (exact) mass is 488 g/mol. The fourth-order valence-electron chi connectivity index (χ4n) is 4.61. The van der Waals surface area contributed by atoms with Crippen molar-refractivity contribution >= 4 is 33.6 Å². The molecule has 0 saturated carbocycles. The van der Waals surface area contributed by atoms with Crippen molar-refractivity contribution < 1.29 is 13.9 Å². The van der Waals surface area contributed by atoms with Crippen LogP contribution < -0.4 is 10.4 Å². The summed E-state index contributed by atoms with van der Waals surface area (Å²) in [6, 6.07) is 15.2. The summed E-state index contributed by atoms with van der Waals surface area (Å²) in [6.45, 7) is 1.46. The van der Waals surface area contributed by atoms with Crippen LogP contribution in [0.1, 0.15) is 18.4 Å². The van der Waals surface area contributed by atoms with E-state index in [-0.39, 0.29) is 11.7 Å². The molecule has 8 nitrogen and oxygen atoms in total. The molecule has 0 radical (unpaired) electrons. The molecule has 1 saturated heterocycles. The number of nitrogens with zero attached hydrogens (tertiary/aromatic N) is 3. The summed E-state index contributed by atoms with van der Waals surface area (Å²) in [5.41, 5.74) is 3.07. The van der Waals surface area contributed by atoms with Gasteiger partial charge in [0.2, 0.25) is 0 Å². The normalized spacial score (nSPS) is 15.9. The van der Waals surface area contributed by atoms with E-state index in [1.54, 1.807) is 31.0 Å². The van der Waals surface area contributed by atoms with Crippen molar-refractivity contribution in [1.29, 1.82) is 0 Å². The molecule has 0 aliphatic carbocycles. The van der Waals surface area contributed by atoms with Crippen molar-refractivity contribution in [2.45, 2.75) is 36.4 Å². The van der Waals surface area contributed by atoms with Crippen LogP contribution in [0.2, 0.25) is 0 Å². The van der Waals surface area contributed by atoms with Crippen LogP contribution in [0.15, 0.2) is 69.1 Å². The number of hydrogen-bond donors (Lipinski definition) is 1. The summed E-state index contributed by atoms with van der Waals surface area (Å²) in [5, 5.41) is 11.9. The minimum atomic E-state index is -0.387. The zero-order valence-corrected chi connectivity index (χ0v) is 20.0. The first-order valence-electron chi connectivity index (χ1n) is 11.5. The highest BCUT2D eigenvalue weighted by Crippen LogP contribution is 2.33. The van der Waals surface area contributed by atoms with Gasteiger partial charge in [-0.2, -0.15) is 0 Å². The van der Waals surface area contributed by atoms with Crippen molar-refractivity contribution in [2.75, 3.05) is 13.7 Å². The van der Waals surface area contributed by atoms with E-state index < -0.39 is 0 Å². The Morgan fingerprint density at radius 1 is 1.17 bits per heavy atom. The number of ether oxygens (including phenoxy) is 2. The summed E-state index contributed by atoms with van der Waals surface area (Å²) in [4.78, 5) is 15.6. The van der Waals surface area contributed by atoms with Crippen molar-refractivity contribution in [3.05, 3.63) is 70.7 Å². The standard InChI is InChI=1S/C26H24N4O4S/c1-32-17-8-9-19-16(11-24(31)34-23(19)12-17)15-35-26-29-28-25(30(26)14-18-5-4-10-33-18)21-13-27-22-7-3-2-6-20(21)22/h2-3,6-9,11-13,18,27H,4-5,10,14-15H2,1H3. The summed E-state index contributed by atoms with van der Waals surface area (Å²) >= 11 is 1.55. The lowest BCUT2D eigenvalue weighted by Crippen LogP contribution is -2.16. The van der Waals surface area contributed by atoms with Gasteiger partial charge >= 0.3 is 5.63 Å². The Morgan fingerprint density at radius 2 is 2.09 bits per heavy atom. The predicted molar refractivity (Wildman–Crippen MR) is 135 cm³/mol. The average molecular weight is 489 g/mol. The van der Waals surface area contributed by atoms with Crippen LogP contribution in [0.25, 0.3) is 33.3 Å². The highest BCUT2D eigenvalue weighted by molar-refractivity contribution is 7.98. The quantitative estimate of drug-likeness (QED) is 0.254. The van der Waals surface area contributed by atoms with Crippen LogP contribution >= 0.6 is 11.8 Å². The van der Waals surface area contributed by atoms with E-state index >= 15 is 0 Å². The molecule has 1 aliphatic heterocycles. The van der Waals surface area contributed by atoms with Crippen LogP contribution in [0.3, 0.4) is 0 Å². The second-order valence-electron chi connectivity index (χ2n) is 8.54. The third-order valence-corrected chi connectivity index (χ3v) is 7.37. The van der Waals surface area contributed by atoms with Crippen LogP contribution in [0.5, 0.6) is 5.75 Å². The summed E-state index contributed by atoms with van der Waals surface area (Å²) in [7, 11) is 1.59. The lowest BCUT2D eigenvalue weighted by molar-refractivity contribution is 0.0953. The Bertz CT molecular complexity index is 1560. The Balaban J connectivity index is 1.36. The first kappa shape index (κ1) is 21.9. The van der Waals surface area contributed by atoms with Gasteiger partial charge in [0, 0.05) is 52.5 Å². The first-order chi connectivity index (χ1) is 17.2. The zero-order chi connectivity index (χ0) is 23.8. The SMILES string of the molecule is COc1ccc2c(CSc3nnc(-c4c[nH]c5ccccc45)n3CC3CCCO3)cc(=O)oc2c1. The van der Waals surface area contributed by atoms with E-state index in [9.17, 15) is 4.79 Å². The molecule has 0 bridgehead atoms. The van der Waals surface area contributed by atoms with Gasteiger partial charge in [-0.05, 0) is 36.6 Å². The van der Waals surface area contributed by atoms with Gasteiger partial charge < -0.3 is 18.9 Å². The minimum absolute atomic E-state index is 0.131. The molecule has 1 unspecified atom stereocenters. The number of hydrogen-bond acceptors (Lipinski definition) is 7. The molecule has 9 heteroatoms. The Hall–Kier alpha value is -3.56. The van der Waals surface area contributed by atoms with Gasteiger partial charge in [0.15, 0.2) is 11.0 Å². The third kappa shape index (κ3) is 4.21. The Morgan fingerprint density at radius 3 is 2.94 bits per heavy atom. The second kappa shape index (κ2) is 9.24. The highest BCUT2D eigenvalue weighted by atomic mass is 32.2. The van der Waals surface area contributed by atoms with Gasteiger partial charge in [-0.15, -0.1) is 10.2 Å². The fourth-order valence-corrected chi connectivity index (χ4v) is 5.55. The number of H-pyrrole nitrogens is 1. The van der Waals surface area contributed by atoms with E-state index in [1.165, 1.54) is 0 Å². The number of methoxy groups -OCH3 is 1. The van der Waals surface area contributed by atoms with Crippen molar-refractivity contribution in [2.24, 2.45) is 0 Å². The summed E-state index contributed by atoms with van der Waals surface area (Å²) in [5.74, 6) is 2.00. The van der Waals surface area contributed by atoms with Gasteiger partial charge in [0.25, 0.3) is 0 Å². The first-order valence-corrected chi connectivity index (χ1v) is 12.5. The lowest BCUT2D eigenvalue weighted by atomic mass is 10.1. The maximum atomic E-state index is 12.2. The maximum absolute atomic E-state index is 12.2. The fraction of sp³-hybridized carbons (Fsp3) is 0.269. The van der Waals surface area contributed by atoms with Gasteiger partial charge in [-0.3, -0.25) is 4.57 Å². The number of rotatable bonds is 7. The van der Waals surface area contributed by atoms with E-state index in [0.29, 0.717) is 23.6 Å². The van der Waals surface area contributed by atoms with Crippen LogP contribution in [0.4, 0.5) is 0 Å². The maximum Gasteiger partial charge on any atom is 0.336 e. The molecule has 6 rings (SSSR count). The minimum Gasteiger partial charge on any atom is -0.497 e. The van der Waals surface area contributed by atoms with E-state index in [1.807, 2.05) is 30.5 Å². The van der Waals surface area contributed by atoms with Crippen molar-refractivity contribution in [3.63, 3.8) is 0 Å². The van der Waals surface area contributed by atoms with E-state index in [0.717, 1.165) is 57.8 Å². The van der Waals surface area contributed by atoms with Gasteiger partial charge in [-0.25, -0.2) is 4.79 Å². The number of para-hydroxylation sites is 1. The van der Waals surface area contributed by atoms with E-state index in [4.69, 9.17) is 13.9 Å². The number of fused-ring (bicyclic) bond motifs is 2. The Labute approximate surface area is 205 Å². The predicted octanol–water partition coefficient (Wildman–Crippen LogP) is 5.01. The summed E-state index contributed by atoms with van der Waals surface area (Å²) < 4.78 is 18.8. The number of aromatic amines is 1. The molecule has 0 amide bonds. The van der Waals surface area contributed by atoms with Gasteiger partial charge in [-0.1, -0.05) is 30.0 Å². The Kier molecular flexibility index (Phi) is 5.79. The van der Waals surface area contributed by atoms with E-state index in [2.05, 4.69) is 31.9 Å². The molecule has 5 aromatic rings. The molecule has 1 atom stereocenters. The molecule has 35 heavy (non-hydrogen) atoms. The summed E-state index contributed by atoms with van der Waals surface area (Å²) in [6.07, 6.45) is 4.19. The van der Waals surface area contributed by atoms with Gasteiger partial charge in [0.1, 0.15) is 11.3 Å². The van der Waals surface area contributed by atoms with Gasteiger partial charge in [0.05, 0.1) is 19.8 Å². The molecule has 1 aliphatic rings. The number of thioether (sulfide) groups is 1. The van der Waals surface area contributed by atoms with Crippen molar-refractivity contribution in [1.82, 2.24) is 19.7 Å². The largest absolute Gasteiger partial charge is 0.497 e. The molecule has 4 heterocycles. The van der Waals surface area contributed by atoms with Crippen LogP contribution in [-0.2, 0) is 17.0 Å².